The molecule has 1 unspecified atom stereocenters. The molecule has 0 radical (unpaired) electrons. The highest BCUT2D eigenvalue weighted by atomic mass is 16.6. The van der Waals surface area contributed by atoms with Crippen LogP contribution in [-0.4, -0.2) is 17.7 Å². The van der Waals surface area contributed by atoms with E-state index in [9.17, 15) is 9.90 Å². The predicted octanol–water partition coefficient (Wildman–Crippen LogP) is 2.01. The van der Waals surface area contributed by atoms with Gasteiger partial charge in [-0.05, 0) is 42.5 Å². The van der Waals surface area contributed by atoms with Crippen molar-refractivity contribution in [3.8, 4) is 0 Å². The monoisotopic (exact) mass is 280 g/mol. The molecule has 1 atom stereocenters. The number of benzene rings is 1. The van der Waals surface area contributed by atoms with Gasteiger partial charge in [-0.2, -0.15) is 0 Å². The summed E-state index contributed by atoms with van der Waals surface area (Å²) in [6, 6.07) is 5.75. The second-order valence-corrected chi connectivity index (χ2v) is 4.80. The first-order chi connectivity index (χ1) is 9.62. The van der Waals surface area contributed by atoms with Crippen LogP contribution in [0.15, 0.2) is 18.2 Å². The molecule has 0 bridgehead atoms. The second-order valence-electron chi connectivity index (χ2n) is 4.80. The van der Waals surface area contributed by atoms with Crippen molar-refractivity contribution in [2.75, 3.05) is 6.54 Å². The largest absolute Gasteiger partial charge is 0.442 e. The molecule has 0 aliphatic heterocycles. The molecule has 0 aliphatic rings. The van der Waals surface area contributed by atoms with Crippen molar-refractivity contribution in [1.82, 2.24) is 0 Å². The zero-order valence-electron chi connectivity index (χ0n) is 12.0. The van der Waals surface area contributed by atoms with Crippen LogP contribution in [0.1, 0.15) is 49.0 Å². The number of aliphatic hydroxyl groups is 1. The fourth-order valence-corrected chi connectivity index (χ4v) is 2.24. The number of unbranched alkanes of at least 4 members (excludes halogenated alkanes) is 1. The number of primary amides is 1. The molecule has 20 heavy (non-hydrogen) atoms. The van der Waals surface area contributed by atoms with Crippen LogP contribution < -0.4 is 11.5 Å². The van der Waals surface area contributed by atoms with Gasteiger partial charge in [0.2, 0.25) is 0 Å². The molecule has 0 heterocycles. The van der Waals surface area contributed by atoms with Crippen LogP contribution in [0.3, 0.4) is 0 Å². The Labute approximate surface area is 119 Å². The standard InChI is InChI=1S/C15H24N2O3/c1-2-3-4-14(20-15(17)19)13-6-5-11(7-8-16)9-12(13)10-18/h5-6,9,14,18H,2-4,7-8,10,16H2,1H3,(H2,17,19). The normalized spacial score (nSPS) is 12.2. The Balaban J connectivity index is 3.00. The van der Waals surface area contributed by atoms with E-state index in [4.69, 9.17) is 16.2 Å². The third-order valence-corrected chi connectivity index (χ3v) is 3.24. The van der Waals surface area contributed by atoms with E-state index in [1.165, 1.54) is 0 Å². The van der Waals surface area contributed by atoms with Gasteiger partial charge in [0.25, 0.3) is 0 Å². The van der Waals surface area contributed by atoms with E-state index >= 15 is 0 Å². The molecular formula is C15H24N2O3. The number of carbonyl (C=O) groups is 1. The summed E-state index contributed by atoms with van der Waals surface area (Å²) in [5.74, 6) is 0. The summed E-state index contributed by atoms with van der Waals surface area (Å²) >= 11 is 0. The fraction of sp³-hybridized carbons (Fsp3) is 0.533. The molecule has 0 aliphatic carbocycles. The van der Waals surface area contributed by atoms with Gasteiger partial charge in [0, 0.05) is 0 Å². The van der Waals surface area contributed by atoms with Gasteiger partial charge in [-0.15, -0.1) is 0 Å². The van der Waals surface area contributed by atoms with Crippen LogP contribution in [0.2, 0.25) is 0 Å². The van der Waals surface area contributed by atoms with Crippen molar-refractivity contribution in [3.63, 3.8) is 0 Å². The van der Waals surface area contributed by atoms with E-state index in [-0.39, 0.29) is 6.61 Å². The number of hydrogen-bond donors (Lipinski definition) is 3. The third-order valence-electron chi connectivity index (χ3n) is 3.24. The maximum absolute atomic E-state index is 11.0. The summed E-state index contributed by atoms with van der Waals surface area (Å²) in [6.45, 7) is 2.53. The Morgan fingerprint density at radius 1 is 1.45 bits per heavy atom. The van der Waals surface area contributed by atoms with Crippen LogP contribution in [-0.2, 0) is 17.8 Å². The van der Waals surface area contributed by atoms with Gasteiger partial charge < -0.3 is 21.3 Å². The van der Waals surface area contributed by atoms with E-state index in [0.717, 1.165) is 36.0 Å². The minimum atomic E-state index is -0.791. The first-order valence-corrected chi connectivity index (χ1v) is 7.01. The van der Waals surface area contributed by atoms with Crippen LogP contribution >= 0.6 is 0 Å². The first kappa shape index (κ1) is 16.5. The van der Waals surface area contributed by atoms with Crippen molar-refractivity contribution >= 4 is 6.09 Å². The summed E-state index contributed by atoms with van der Waals surface area (Å²) in [4.78, 5) is 11.0. The van der Waals surface area contributed by atoms with E-state index in [2.05, 4.69) is 6.92 Å². The van der Waals surface area contributed by atoms with Crippen LogP contribution in [0.25, 0.3) is 0 Å². The number of aliphatic hydroxyl groups excluding tert-OH is 1. The third kappa shape index (κ3) is 4.83. The molecule has 0 saturated carbocycles. The molecule has 1 rings (SSSR count). The maximum Gasteiger partial charge on any atom is 0.405 e. The van der Waals surface area contributed by atoms with Gasteiger partial charge in [-0.25, -0.2) is 4.79 Å². The van der Waals surface area contributed by atoms with Gasteiger partial charge in [0.05, 0.1) is 6.61 Å². The van der Waals surface area contributed by atoms with E-state index in [1.807, 2.05) is 18.2 Å². The lowest BCUT2D eigenvalue weighted by molar-refractivity contribution is 0.0982. The summed E-state index contributed by atoms with van der Waals surface area (Å²) in [5.41, 5.74) is 13.3. The van der Waals surface area contributed by atoms with Gasteiger partial charge in [-0.1, -0.05) is 31.5 Å². The highest BCUT2D eigenvalue weighted by Crippen LogP contribution is 2.27. The second kappa shape index (κ2) is 8.55. The molecule has 1 aromatic carbocycles. The molecule has 1 aromatic rings. The molecule has 0 aromatic heterocycles. The molecule has 5 heteroatoms. The quantitative estimate of drug-likeness (QED) is 0.678. The topological polar surface area (TPSA) is 98.6 Å². The molecule has 5 nitrogen and oxygen atoms in total. The Morgan fingerprint density at radius 2 is 2.20 bits per heavy atom. The van der Waals surface area contributed by atoms with Crippen LogP contribution in [0.4, 0.5) is 4.79 Å². The number of amides is 1. The Morgan fingerprint density at radius 3 is 2.75 bits per heavy atom. The summed E-state index contributed by atoms with van der Waals surface area (Å²) in [7, 11) is 0. The predicted molar refractivity (Wildman–Crippen MR) is 78.1 cm³/mol. The number of rotatable bonds is 8. The van der Waals surface area contributed by atoms with Gasteiger partial charge in [-0.3, -0.25) is 0 Å². The fourth-order valence-electron chi connectivity index (χ4n) is 2.24. The molecular weight excluding hydrogens is 256 g/mol. The lowest BCUT2D eigenvalue weighted by Gasteiger charge is -2.20. The molecule has 1 amide bonds. The van der Waals surface area contributed by atoms with E-state index in [0.29, 0.717) is 13.0 Å². The molecule has 0 fully saturated rings. The summed E-state index contributed by atoms with van der Waals surface area (Å²) < 4.78 is 5.18. The SMILES string of the molecule is CCCCC(OC(N)=O)c1ccc(CCN)cc1CO. The molecule has 0 spiro atoms. The van der Waals surface area contributed by atoms with Crippen molar-refractivity contribution in [2.24, 2.45) is 11.5 Å². The maximum atomic E-state index is 11.0. The van der Waals surface area contributed by atoms with E-state index in [1.54, 1.807) is 0 Å². The van der Waals surface area contributed by atoms with Crippen molar-refractivity contribution in [3.05, 3.63) is 34.9 Å². The first-order valence-electron chi connectivity index (χ1n) is 7.01. The van der Waals surface area contributed by atoms with E-state index < -0.39 is 12.2 Å². The van der Waals surface area contributed by atoms with Gasteiger partial charge in [0.15, 0.2) is 0 Å². The highest BCUT2D eigenvalue weighted by Gasteiger charge is 2.18. The molecule has 112 valence electrons. The lowest BCUT2D eigenvalue weighted by Crippen LogP contribution is -2.18. The average molecular weight is 280 g/mol. The van der Waals surface area contributed by atoms with Gasteiger partial charge >= 0.3 is 6.09 Å². The van der Waals surface area contributed by atoms with Crippen LogP contribution in [0.5, 0.6) is 0 Å². The van der Waals surface area contributed by atoms with Crippen molar-refractivity contribution < 1.29 is 14.6 Å². The Kier molecular flexibility index (Phi) is 7.04. The summed E-state index contributed by atoms with van der Waals surface area (Å²) in [5, 5.41) is 9.52. The average Bonchev–Trinajstić information content (AvgIpc) is 2.43. The minimum Gasteiger partial charge on any atom is -0.442 e. The smallest absolute Gasteiger partial charge is 0.405 e. The Bertz CT molecular complexity index is 435. The zero-order chi connectivity index (χ0) is 15.0. The number of carbonyl (C=O) groups excluding carboxylic acids is 1. The number of hydrogen-bond acceptors (Lipinski definition) is 4. The highest BCUT2D eigenvalue weighted by molar-refractivity contribution is 5.65. The zero-order valence-corrected chi connectivity index (χ0v) is 12.0. The summed E-state index contributed by atoms with van der Waals surface area (Å²) in [6.07, 6.45) is 2.18. The van der Waals surface area contributed by atoms with Crippen molar-refractivity contribution in [2.45, 2.75) is 45.3 Å². The number of ether oxygens (including phenoxy) is 1. The molecule has 0 saturated heterocycles. The lowest BCUT2D eigenvalue weighted by atomic mass is 9.96. The van der Waals surface area contributed by atoms with Crippen molar-refractivity contribution in [1.29, 1.82) is 0 Å². The van der Waals surface area contributed by atoms with Crippen LogP contribution in [0, 0.1) is 0 Å². The number of nitrogens with two attached hydrogens (primary N) is 2. The minimum absolute atomic E-state index is 0.0987. The Hall–Kier alpha value is -1.59. The van der Waals surface area contributed by atoms with Gasteiger partial charge in [0.1, 0.15) is 6.10 Å². The molecule has 5 N–H and O–H groups in total.